The van der Waals surface area contributed by atoms with E-state index in [-0.39, 0.29) is 0 Å². The molecular weight excluding hydrogens is 302 g/mol. The van der Waals surface area contributed by atoms with Crippen LogP contribution in [-0.4, -0.2) is 22.0 Å². The fraction of sp³-hybridized carbons (Fsp3) is 0.421. The summed E-state index contributed by atoms with van der Waals surface area (Å²) in [4.78, 5) is 5.88. The summed E-state index contributed by atoms with van der Waals surface area (Å²) in [5, 5.41) is 5.74. The smallest absolute Gasteiger partial charge is 0.194 e. The monoisotopic (exact) mass is 327 g/mol. The van der Waals surface area contributed by atoms with Gasteiger partial charge in [0.05, 0.1) is 11.4 Å². The summed E-state index contributed by atoms with van der Waals surface area (Å²) >= 11 is 1.72. The Labute approximate surface area is 142 Å². The highest BCUT2D eigenvalue weighted by Gasteiger charge is 2.13. The van der Waals surface area contributed by atoms with Gasteiger partial charge in [-0.3, -0.25) is 4.40 Å². The largest absolute Gasteiger partial charge is 0.314 e. The number of fused-ring (bicyclic) bond motifs is 1. The summed E-state index contributed by atoms with van der Waals surface area (Å²) in [5.74, 6) is 0. The minimum atomic E-state index is 0.462. The van der Waals surface area contributed by atoms with Gasteiger partial charge in [0.15, 0.2) is 4.96 Å². The van der Waals surface area contributed by atoms with Crippen molar-refractivity contribution >= 4 is 16.3 Å². The second-order valence-corrected chi connectivity index (χ2v) is 7.22. The van der Waals surface area contributed by atoms with Crippen molar-refractivity contribution in [3.05, 3.63) is 46.6 Å². The van der Waals surface area contributed by atoms with Crippen molar-refractivity contribution in [1.82, 2.24) is 14.7 Å². The maximum Gasteiger partial charge on any atom is 0.194 e. The maximum absolute atomic E-state index is 4.80. The maximum atomic E-state index is 4.80. The average Bonchev–Trinajstić information content (AvgIpc) is 3.05. The molecule has 0 fully saturated rings. The van der Waals surface area contributed by atoms with Gasteiger partial charge >= 0.3 is 0 Å². The topological polar surface area (TPSA) is 29.3 Å². The van der Waals surface area contributed by atoms with Gasteiger partial charge < -0.3 is 5.32 Å². The van der Waals surface area contributed by atoms with E-state index in [0.717, 1.165) is 17.9 Å². The number of nitrogens with zero attached hydrogens (tertiary/aromatic N) is 2. The Bertz CT molecular complexity index is 800. The predicted octanol–water partition coefficient (Wildman–Crippen LogP) is 4.61. The molecule has 1 atom stereocenters. The van der Waals surface area contributed by atoms with Crippen molar-refractivity contribution in [2.24, 2.45) is 0 Å². The zero-order chi connectivity index (χ0) is 16.4. The van der Waals surface area contributed by atoms with Crippen molar-refractivity contribution in [2.45, 2.75) is 46.6 Å². The van der Waals surface area contributed by atoms with E-state index in [4.69, 9.17) is 4.98 Å². The molecule has 0 radical (unpaired) electrons. The van der Waals surface area contributed by atoms with E-state index in [1.165, 1.54) is 34.5 Å². The Kier molecular flexibility index (Phi) is 4.83. The lowest BCUT2D eigenvalue weighted by atomic mass is 10.0. The summed E-state index contributed by atoms with van der Waals surface area (Å²) in [6, 6.07) is 7.11. The van der Waals surface area contributed by atoms with Crippen LogP contribution in [0.15, 0.2) is 29.8 Å². The van der Waals surface area contributed by atoms with E-state index in [2.05, 4.69) is 67.2 Å². The molecule has 1 N–H and O–H groups in total. The van der Waals surface area contributed by atoms with Gasteiger partial charge in [0.2, 0.25) is 0 Å². The number of hydrogen-bond acceptors (Lipinski definition) is 3. The van der Waals surface area contributed by atoms with Crippen molar-refractivity contribution in [2.75, 3.05) is 6.54 Å². The highest BCUT2D eigenvalue weighted by atomic mass is 32.1. The highest BCUT2D eigenvalue weighted by molar-refractivity contribution is 7.15. The standard InChI is InChI=1S/C19H25N3S/c1-5-8-20-15(4)10-16-11-22-18(12-23-19(22)21-16)17-7-6-13(2)9-14(17)3/h6-7,9,11-12,15,20H,5,8,10H2,1-4H3. The van der Waals surface area contributed by atoms with Gasteiger partial charge in [0, 0.05) is 29.6 Å². The van der Waals surface area contributed by atoms with Crippen LogP contribution in [-0.2, 0) is 6.42 Å². The zero-order valence-corrected chi connectivity index (χ0v) is 15.2. The summed E-state index contributed by atoms with van der Waals surface area (Å²) in [6.07, 6.45) is 4.34. The lowest BCUT2D eigenvalue weighted by Gasteiger charge is -2.10. The first kappa shape index (κ1) is 16.2. The Morgan fingerprint density at radius 3 is 2.87 bits per heavy atom. The Morgan fingerprint density at radius 1 is 1.30 bits per heavy atom. The van der Waals surface area contributed by atoms with Gasteiger partial charge in [0.1, 0.15) is 0 Å². The third-order valence-corrected chi connectivity index (χ3v) is 5.01. The minimum absolute atomic E-state index is 0.462. The molecular formula is C19H25N3S. The van der Waals surface area contributed by atoms with E-state index in [1.807, 2.05) is 0 Å². The molecule has 1 aromatic carbocycles. The minimum Gasteiger partial charge on any atom is -0.314 e. The number of rotatable bonds is 6. The van der Waals surface area contributed by atoms with Crippen LogP contribution < -0.4 is 5.32 Å². The molecule has 4 heteroatoms. The van der Waals surface area contributed by atoms with Gasteiger partial charge in [-0.1, -0.05) is 30.7 Å². The second kappa shape index (κ2) is 6.85. The Morgan fingerprint density at radius 2 is 2.13 bits per heavy atom. The number of aryl methyl sites for hydroxylation is 2. The first-order valence-corrected chi connectivity index (χ1v) is 9.23. The molecule has 23 heavy (non-hydrogen) atoms. The SMILES string of the molecule is CCCNC(C)Cc1cn2c(-c3ccc(C)cc3C)csc2n1. The summed E-state index contributed by atoms with van der Waals surface area (Å²) < 4.78 is 2.24. The van der Waals surface area contributed by atoms with Crippen molar-refractivity contribution < 1.29 is 0 Å². The molecule has 0 saturated heterocycles. The van der Waals surface area contributed by atoms with Crippen LogP contribution in [0.2, 0.25) is 0 Å². The molecule has 0 aliphatic rings. The van der Waals surface area contributed by atoms with E-state index < -0.39 is 0 Å². The van der Waals surface area contributed by atoms with E-state index in [9.17, 15) is 0 Å². The second-order valence-electron chi connectivity index (χ2n) is 6.38. The predicted molar refractivity (Wildman–Crippen MR) is 99.4 cm³/mol. The average molecular weight is 327 g/mol. The van der Waals surface area contributed by atoms with Crippen LogP contribution in [0.1, 0.15) is 37.1 Å². The fourth-order valence-electron chi connectivity index (χ4n) is 3.00. The molecule has 2 aromatic heterocycles. The van der Waals surface area contributed by atoms with Crippen LogP contribution >= 0.6 is 11.3 Å². The molecule has 3 rings (SSSR count). The molecule has 3 aromatic rings. The van der Waals surface area contributed by atoms with Gasteiger partial charge in [-0.25, -0.2) is 4.98 Å². The molecule has 1 unspecified atom stereocenters. The summed E-state index contributed by atoms with van der Waals surface area (Å²) in [7, 11) is 0. The molecule has 2 heterocycles. The molecule has 0 spiro atoms. The number of benzene rings is 1. The van der Waals surface area contributed by atoms with Crippen molar-refractivity contribution in [1.29, 1.82) is 0 Å². The number of aromatic nitrogens is 2. The van der Waals surface area contributed by atoms with E-state index >= 15 is 0 Å². The quantitative estimate of drug-likeness (QED) is 0.716. The molecule has 0 saturated carbocycles. The Balaban J connectivity index is 1.88. The number of nitrogens with one attached hydrogen (secondary N) is 1. The molecule has 0 amide bonds. The first-order valence-electron chi connectivity index (χ1n) is 8.35. The van der Waals surface area contributed by atoms with Crippen LogP contribution in [0.3, 0.4) is 0 Å². The number of hydrogen-bond donors (Lipinski definition) is 1. The van der Waals surface area contributed by atoms with Gasteiger partial charge in [-0.2, -0.15) is 0 Å². The molecule has 0 bridgehead atoms. The van der Waals surface area contributed by atoms with E-state index in [1.54, 1.807) is 11.3 Å². The van der Waals surface area contributed by atoms with Gasteiger partial charge in [-0.05, 0) is 39.3 Å². The normalized spacial score (nSPS) is 12.9. The van der Waals surface area contributed by atoms with Gasteiger partial charge in [0.25, 0.3) is 0 Å². The first-order chi connectivity index (χ1) is 11.1. The van der Waals surface area contributed by atoms with Crippen molar-refractivity contribution in [3.63, 3.8) is 0 Å². The van der Waals surface area contributed by atoms with Gasteiger partial charge in [-0.15, -0.1) is 11.3 Å². The fourth-order valence-corrected chi connectivity index (χ4v) is 3.89. The van der Waals surface area contributed by atoms with Crippen LogP contribution in [0.25, 0.3) is 16.2 Å². The summed E-state index contributed by atoms with van der Waals surface area (Å²) in [6.45, 7) is 9.81. The highest BCUT2D eigenvalue weighted by Crippen LogP contribution is 2.29. The van der Waals surface area contributed by atoms with Crippen LogP contribution in [0.5, 0.6) is 0 Å². The molecule has 0 aliphatic carbocycles. The van der Waals surface area contributed by atoms with Crippen LogP contribution in [0, 0.1) is 13.8 Å². The lowest BCUT2D eigenvalue weighted by molar-refractivity contribution is 0.540. The van der Waals surface area contributed by atoms with Crippen molar-refractivity contribution in [3.8, 4) is 11.3 Å². The third-order valence-electron chi connectivity index (χ3n) is 4.17. The number of thiazole rings is 1. The number of imidazole rings is 1. The van der Waals surface area contributed by atoms with Crippen LogP contribution in [0.4, 0.5) is 0 Å². The summed E-state index contributed by atoms with van der Waals surface area (Å²) in [5.41, 5.74) is 6.33. The molecule has 3 nitrogen and oxygen atoms in total. The zero-order valence-electron chi connectivity index (χ0n) is 14.4. The molecule has 122 valence electrons. The Hall–Kier alpha value is -1.65. The molecule has 0 aliphatic heterocycles. The van der Waals surface area contributed by atoms with E-state index in [0.29, 0.717) is 6.04 Å². The third kappa shape index (κ3) is 3.48. The lowest BCUT2D eigenvalue weighted by Crippen LogP contribution is -2.28.